The summed E-state index contributed by atoms with van der Waals surface area (Å²) in [5.41, 5.74) is 2.16. The largest absolute Gasteiger partial charge is 0.352 e. The molecule has 4 heterocycles. The minimum absolute atomic E-state index is 0.178. The van der Waals surface area contributed by atoms with Crippen LogP contribution < -0.4 is 10.2 Å². The number of para-hydroxylation sites is 1. The summed E-state index contributed by atoms with van der Waals surface area (Å²) in [6.45, 7) is 1.49. The summed E-state index contributed by atoms with van der Waals surface area (Å²) in [6, 6.07) is 14.8. The molecule has 1 fully saturated rings. The lowest BCUT2D eigenvalue weighted by Crippen LogP contribution is -2.51. The number of hydrogen-bond acceptors (Lipinski definition) is 5. The van der Waals surface area contributed by atoms with E-state index in [1.54, 1.807) is 30.6 Å². The van der Waals surface area contributed by atoms with Crippen molar-refractivity contribution in [1.29, 1.82) is 0 Å². The van der Waals surface area contributed by atoms with Gasteiger partial charge >= 0.3 is 0 Å². The lowest BCUT2D eigenvalue weighted by atomic mass is 9.64. The Morgan fingerprint density at radius 3 is 2.62 bits per heavy atom. The zero-order valence-corrected chi connectivity index (χ0v) is 19.0. The average molecular weight is 470 g/mol. The van der Waals surface area contributed by atoms with Crippen LogP contribution in [0.25, 0.3) is 6.08 Å². The molecule has 6 rings (SSSR count). The minimum Gasteiger partial charge on any atom is -0.352 e. The fourth-order valence-electron chi connectivity index (χ4n) is 6.00. The molecule has 0 bridgehead atoms. The third-order valence-corrected chi connectivity index (χ3v) is 7.49. The smallest absolute Gasteiger partial charge is 0.238 e. The van der Waals surface area contributed by atoms with Gasteiger partial charge in [0.1, 0.15) is 5.41 Å². The van der Waals surface area contributed by atoms with Crippen molar-refractivity contribution in [2.24, 2.45) is 5.92 Å². The molecule has 1 spiro atoms. The van der Waals surface area contributed by atoms with Gasteiger partial charge in [-0.15, -0.1) is 0 Å². The molecule has 1 saturated heterocycles. The van der Waals surface area contributed by atoms with E-state index in [1.165, 1.54) is 6.92 Å². The quantitative estimate of drug-likeness (QED) is 0.579. The van der Waals surface area contributed by atoms with Crippen LogP contribution in [0.2, 0.25) is 5.02 Å². The Bertz CT molecular complexity index is 1400. The fourth-order valence-corrected chi connectivity index (χ4v) is 6.18. The molecule has 34 heavy (non-hydrogen) atoms. The van der Waals surface area contributed by atoms with E-state index in [0.717, 1.165) is 16.8 Å². The third-order valence-electron chi connectivity index (χ3n) is 7.26. The number of benzene rings is 2. The second-order valence-corrected chi connectivity index (χ2v) is 9.35. The van der Waals surface area contributed by atoms with E-state index >= 15 is 0 Å². The molecule has 0 saturated carbocycles. The fraction of sp³-hybridized carbons (Fsp3) is 0.185. The first-order valence-corrected chi connectivity index (χ1v) is 11.4. The maximum atomic E-state index is 14.2. The van der Waals surface area contributed by atoms with Crippen molar-refractivity contribution in [1.82, 2.24) is 4.98 Å². The molecular weight excluding hydrogens is 450 g/mol. The molecular formula is C27H20ClN3O3. The van der Waals surface area contributed by atoms with Gasteiger partial charge in [-0.05, 0) is 54.4 Å². The number of rotatable bonds is 3. The van der Waals surface area contributed by atoms with Crippen LogP contribution in [-0.4, -0.2) is 34.5 Å². The predicted molar refractivity (Wildman–Crippen MR) is 130 cm³/mol. The van der Waals surface area contributed by atoms with E-state index < -0.39 is 23.4 Å². The molecule has 4 atom stereocenters. The number of pyridine rings is 1. The standard InChI is InChI=1S/C27H20ClN3O3/c1-15(32)24-23(25(33)16-10-12-29-13-11-16)27(19-4-2-3-5-20(19)30-26(27)34)22-9-6-17-14-18(28)7-8-21(17)31(22)24/h2-14,22-24H,1H3,(H,30,34)/t22-,23-,24-,27+/m1/s1. The summed E-state index contributed by atoms with van der Waals surface area (Å²) in [5, 5.41) is 3.57. The Morgan fingerprint density at radius 2 is 1.85 bits per heavy atom. The number of fused-ring (bicyclic) bond motifs is 6. The Balaban J connectivity index is 1.67. The van der Waals surface area contributed by atoms with Crippen molar-refractivity contribution in [2.75, 3.05) is 10.2 Å². The molecule has 6 nitrogen and oxygen atoms in total. The van der Waals surface area contributed by atoms with E-state index in [1.807, 2.05) is 53.5 Å². The normalized spacial score (nSPS) is 26.1. The number of hydrogen-bond donors (Lipinski definition) is 1. The van der Waals surface area contributed by atoms with Gasteiger partial charge < -0.3 is 10.2 Å². The summed E-state index contributed by atoms with van der Waals surface area (Å²) < 4.78 is 0. The summed E-state index contributed by atoms with van der Waals surface area (Å²) in [4.78, 5) is 47.3. The molecule has 0 radical (unpaired) electrons. The highest BCUT2D eigenvalue weighted by molar-refractivity contribution is 6.31. The molecule has 168 valence electrons. The van der Waals surface area contributed by atoms with Crippen molar-refractivity contribution in [3.8, 4) is 0 Å². The number of amides is 1. The zero-order valence-electron chi connectivity index (χ0n) is 18.2. The highest BCUT2D eigenvalue weighted by Crippen LogP contribution is 2.57. The second-order valence-electron chi connectivity index (χ2n) is 8.92. The summed E-state index contributed by atoms with van der Waals surface area (Å²) in [5.74, 6) is -1.65. The van der Waals surface area contributed by atoms with E-state index in [4.69, 9.17) is 11.6 Å². The predicted octanol–water partition coefficient (Wildman–Crippen LogP) is 4.30. The van der Waals surface area contributed by atoms with Gasteiger partial charge in [-0.3, -0.25) is 19.4 Å². The van der Waals surface area contributed by atoms with Gasteiger partial charge in [0.2, 0.25) is 5.91 Å². The van der Waals surface area contributed by atoms with Gasteiger partial charge in [-0.2, -0.15) is 0 Å². The van der Waals surface area contributed by atoms with Crippen LogP contribution in [0.15, 0.2) is 73.1 Å². The highest BCUT2D eigenvalue weighted by Gasteiger charge is 2.69. The summed E-state index contributed by atoms with van der Waals surface area (Å²) >= 11 is 6.24. The molecule has 0 aliphatic carbocycles. The molecule has 7 heteroatoms. The van der Waals surface area contributed by atoms with Crippen molar-refractivity contribution < 1.29 is 14.4 Å². The number of Topliss-reactive ketones (excluding diaryl/α,β-unsaturated/α-hetero) is 2. The Hall–Kier alpha value is -3.77. The van der Waals surface area contributed by atoms with Crippen molar-refractivity contribution in [3.63, 3.8) is 0 Å². The van der Waals surface area contributed by atoms with Crippen LogP contribution in [0.1, 0.15) is 28.4 Å². The maximum absolute atomic E-state index is 14.2. The maximum Gasteiger partial charge on any atom is 0.238 e. The number of nitrogens with zero attached hydrogens (tertiary/aromatic N) is 2. The van der Waals surface area contributed by atoms with Crippen LogP contribution in [0.5, 0.6) is 0 Å². The molecule has 1 aromatic heterocycles. The lowest BCUT2D eigenvalue weighted by molar-refractivity contribution is -0.122. The topological polar surface area (TPSA) is 79.4 Å². The van der Waals surface area contributed by atoms with Crippen molar-refractivity contribution in [3.05, 3.63) is 94.8 Å². The van der Waals surface area contributed by atoms with Crippen LogP contribution >= 0.6 is 11.6 Å². The highest BCUT2D eigenvalue weighted by atomic mass is 35.5. The number of nitrogens with one attached hydrogen (secondary N) is 1. The first kappa shape index (κ1) is 20.8. The van der Waals surface area contributed by atoms with Crippen molar-refractivity contribution in [2.45, 2.75) is 24.4 Å². The summed E-state index contributed by atoms with van der Waals surface area (Å²) in [7, 11) is 0. The van der Waals surface area contributed by atoms with Gasteiger partial charge in [0, 0.05) is 34.4 Å². The number of aromatic nitrogens is 1. The zero-order chi connectivity index (χ0) is 23.6. The third kappa shape index (κ3) is 2.63. The van der Waals surface area contributed by atoms with Crippen molar-refractivity contribution >= 4 is 46.5 Å². The van der Waals surface area contributed by atoms with Gasteiger partial charge in [-0.25, -0.2) is 0 Å². The first-order valence-electron chi connectivity index (χ1n) is 11.1. The molecule has 3 aliphatic heterocycles. The monoisotopic (exact) mass is 469 g/mol. The molecule has 3 aliphatic rings. The second kappa shape index (κ2) is 7.37. The van der Waals surface area contributed by atoms with Gasteiger partial charge in [0.15, 0.2) is 11.6 Å². The Morgan fingerprint density at radius 1 is 1.09 bits per heavy atom. The van der Waals surface area contributed by atoms with Crippen LogP contribution in [-0.2, 0) is 15.0 Å². The number of ketones is 2. The SMILES string of the molecule is CC(=O)[C@@H]1[C@H](C(=O)c2ccncc2)[C@@]2(C(=O)Nc3ccccc32)[C@H]2C=Cc3cc(Cl)ccc3N12. The molecule has 2 aromatic carbocycles. The van der Waals surface area contributed by atoms with E-state index in [9.17, 15) is 14.4 Å². The molecule has 1 amide bonds. The van der Waals surface area contributed by atoms with E-state index in [2.05, 4.69) is 10.3 Å². The van der Waals surface area contributed by atoms with Gasteiger partial charge in [-0.1, -0.05) is 42.0 Å². The van der Waals surface area contributed by atoms with Gasteiger partial charge in [0.05, 0.1) is 18.0 Å². The number of carbonyl (C=O) groups is 3. The summed E-state index contributed by atoms with van der Waals surface area (Å²) in [6.07, 6.45) is 6.95. The lowest BCUT2D eigenvalue weighted by Gasteiger charge is -2.37. The van der Waals surface area contributed by atoms with Crippen LogP contribution in [0.3, 0.4) is 0 Å². The van der Waals surface area contributed by atoms with Crippen LogP contribution in [0, 0.1) is 5.92 Å². The number of anilines is 2. The van der Waals surface area contributed by atoms with E-state index in [0.29, 0.717) is 16.3 Å². The minimum atomic E-state index is -1.28. The van der Waals surface area contributed by atoms with Gasteiger partial charge in [0.25, 0.3) is 0 Å². The molecule has 1 N–H and O–H groups in total. The first-order chi connectivity index (χ1) is 16.4. The molecule has 3 aromatic rings. The average Bonchev–Trinajstić information content (AvgIpc) is 3.32. The molecule has 0 unspecified atom stereocenters. The Kier molecular flexibility index (Phi) is 4.51. The van der Waals surface area contributed by atoms with E-state index in [-0.39, 0.29) is 17.5 Å². The van der Waals surface area contributed by atoms with Crippen LogP contribution in [0.4, 0.5) is 11.4 Å². The Labute approximate surface area is 201 Å². The number of halogens is 1. The number of carbonyl (C=O) groups excluding carboxylic acids is 3.